The average Bonchev–Trinajstić information content (AvgIpc) is 2.61. The van der Waals surface area contributed by atoms with E-state index in [4.69, 9.17) is 9.47 Å². The van der Waals surface area contributed by atoms with Gasteiger partial charge in [0, 0.05) is 18.4 Å². The number of carbonyl (C=O) groups excluding carboxylic acids is 2. The first kappa shape index (κ1) is 19.7. The minimum absolute atomic E-state index is 0.0259. The van der Waals surface area contributed by atoms with Crippen molar-refractivity contribution in [2.24, 2.45) is 0 Å². The Morgan fingerprint density at radius 2 is 1.46 bits per heavy atom. The van der Waals surface area contributed by atoms with Crippen molar-refractivity contribution >= 4 is 11.9 Å². The standard InChI is InChI=1S/C20H24FNO4/c1-5-25-19(23)16-11-22(13(3)4)12-17(20(24)26-6-2)18(16)14-7-9-15(21)10-8-14/h7-13,18H,5-6H2,1-4H3. The quantitative estimate of drug-likeness (QED) is 0.726. The molecule has 0 saturated carbocycles. The number of rotatable bonds is 6. The molecule has 5 nitrogen and oxygen atoms in total. The van der Waals surface area contributed by atoms with Crippen LogP contribution in [0.2, 0.25) is 0 Å². The second-order valence-corrected chi connectivity index (χ2v) is 6.14. The molecule has 0 bridgehead atoms. The largest absolute Gasteiger partial charge is 0.463 e. The fourth-order valence-electron chi connectivity index (χ4n) is 2.76. The van der Waals surface area contributed by atoms with E-state index in [0.717, 1.165) is 0 Å². The number of benzene rings is 1. The number of hydrogen-bond acceptors (Lipinski definition) is 5. The summed E-state index contributed by atoms with van der Waals surface area (Å²) in [6, 6.07) is 5.75. The minimum atomic E-state index is -0.677. The molecule has 0 N–H and O–H groups in total. The summed E-state index contributed by atoms with van der Waals surface area (Å²) in [6.07, 6.45) is 3.36. The zero-order valence-electron chi connectivity index (χ0n) is 15.5. The van der Waals surface area contributed by atoms with Gasteiger partial charge < -0.3 is 14.4 Å². The Bertz CT molecular complexity index is 686. The van der Waals surface area contributed by atoms with Gasteiger partial charge in [-0.25, -0.2) is 14.0 Å². The van der Waals surface area contributed by atoms with Crippen molar-refractivity contribution in [2.75, 3.05) is 13.2 Å². The summed E-state index contributed by atoms with van der Waals surface area (Å²) in [7, 11) is 0. The first-order valence-electron chi connectivity index (χ1n) is 8.69. The second kappa shape index (κ2) is 8.65. The monoisotopic (exact) mass is 361 g/mol. The first-order valence-corrected chi connectivity index (χ1v) is 8.69. The Morgan fingerprint density at radius 3 is 1.85 bits per heavy atom. The Kier molecular flexibility index (Phi) is 6.55. The van der Waals surface area contributed by atoms with Gasteiger partial charge >= 0.3 is 11.9 Å². The maximum atomic E-state index is 13.4. The molecule has 0 aromatic heterocycles. The van der Waals surface area contributed by atoms with E-state index in [9.17, 15) is 14.0 Å². The van der Waals surface area contributed by atoms with Gasteiger partial charge in [-0.15, -0.1) is 0 Å². The Balaban J connectivity index is 2.58. The van der Waals surface area contributed by atoms with E-state index in [1.54, 1.807) is 43.3 Å². The van der Waals surface area contributed by atoms with Crippen molar-refractivity contribution in [3.8, 4) is 0 Å². The molecule has 0 radical (unpaired) electrons. The normalized spacial score (nSPS) is 14.8. The van der Waals surface area contributed by atoms with Crippen molar-refractivity contribution in [1.82, 2.24) is 4.90 Å². The van der Waals surface area contributed by atoms with Gasteiger partial charge in [-0.1, -0.05) is 12.1 Å². The third kappa shape index (κ3) is 4.31. The minimum Gasteiger partial charge on any atom is -0.463 e. The maximum Gasteiger partial charge on any atom is 0.336 e. The van der Waals surface area contributed by atoms with Gasteiger partial charge in [-0.3, -0.25) is 0 Å². The van der Waals surface area contributed by atoms with E-state index >= 15 is 0 Å². The van der Waals surface area contributed by atoms with E-state index < -0.39 is 23.7 Å². The van der Waals surface area contributed by atoms with Crippen molar-refractivity contribution in [2.45, 2.75) is 39.7 Å². The lowest BCUT2D eigenvalue weighted by Crippen LogP contribution is -2.32. The van der Waals surface area contributed by atoms with Crippen LogP contribution in [0.3, 0.4) is 0 Å². The summed E-state index contributed by atoms with van der Waals surface area (Å²) in [4.78, 5) is 26.9. The SMILES string of the molecule is CCOC(=O)C1=CN(C(C)C)C=C(C(=O)OCC)C1c1ccc(F)cc1. The van der Waals surface area contributed by atoms with E-state index in [1.807, 2.05) is 13.8 Å². The molecular weight excluding hydrogens is 337 g/mol. The van der Waals surface area contributed by atoms with Gasteiger partial charge in [0.05, 0.1) is 30.3 Å². The average molecular weight is 361 g/mol. The number of halogens is 1. The zero-order valence-corrected chi connectivity index (χ0v) is 15.5. The number of ether oxygens (including phenoxy) is 2. The molecule has 1 aliphatic heterocycles. The number of esters is 2. The molecule has 1 aromatic rings. The van der Waals surface area contributed by atoms with Crippen LogP contribution in [0, 0.1) is 5.82 Å². The lowest BCUT2D eigenvalue weighted by molar-refractivity contribution is -0.139. The summed E-state index contributed by atoms with van der Waals surface area (Å²) in [5.74, 6) is -2.09. The zero-order chi connectivity index (χ0) is 19.3. The molecule has 26 heavy (non-hydrogen) atoms. The van der Waals surface area contributed by atoms with Crippen LogP contribution in [0.4, 0.5) is 4.39 Å². The van der Waals surface area contributed by atoms with Gasteiger partial charge in [0.15, 0.2) is 0 Å². The first-order chi connectivity index (χ1) is 12.4. The molecule has 0 amide bonds. The third-order valence-corrected chi connectivity index (χ3v) is 4.02. The molecule has 1 heterocycles. The van der Waals surface area contributed by atoms with Crippen LogP contribution in [0.1, 0.15) is 39.2 Å². The van der Waals surface area contributed by atoms with Crippen LogP contribution in [0.15, 0.2) is 47.8 Å². The van der Waals surface area contributed by atoms with Gasteiger partial charge in [0.1, 0.15) is 5.82 Å². The molecule has 140 valence electrons. The summed E-state index contributed by atoms with van der Waals surface area (Å²) >= 11 is 0. The fourth-order valence-corrected chi connectivity index (χ4v) is 2.76. The van der Waals surface area contributed by atoms with E-state index in [2.05, 4.69) is 0 Å². The molecule has 0 unspecified atom stereocenters. The molecular formula is C20H24FNO4. The number of carbonyl (C=O) groups is 2. The Labute approximate surface area is 153 Å². The van der Waals surface area contributed by atoms with E-state index in [1.165, 1.54) is 12.1 Å². The third-order valence-electron chi connectivity index (χ3n) is 4.02. The number of nitrogens with zero attached hydrogens (tertiary/aromatic N) is 1. The van der Waals surface area contributed by atoms with Gasteiger partial charge in [-0.05, 0) is 45.4 Å². The highest BCUT2D eigenvalue weighted by Gasteiger charge is 2.35. The molecule has 1 aliphatic rings. The van der Waals surface area contributed by atoms with Crippen molar-refractivity contribution < 1.29 is 23.5 Å². The van der Waals surface area contributed by atoms with Crippen molar-refractivity contribution in [1.29, 1.82) is 0 Å². The maximum absolute atomic E-state index is 13.4. The van der Waals surface area contributed by atoms with Crippen LogP contribution in [0.5, 0.6) is 0 Å². The fraction of sp³-hybridized carbons (Fsp3) is 0.400. The highest BCUT2D eigenvalue weighted by molar-refractivity contribution is 5.98. The topological polar surface area (TPSA) is 55.8 Å². The summed E-state index contributed by atoms with van der Waals surface area (Å²) < 4.78 is 23.7. The second-order valence-electron chi connectivity index (χ2n) is 6.14. The molecule has 1 aromatic carbocycles. The lowest BCUT2D eigenvalue weighted by Gasteiger charge is -2.32. The Hall–Kier alpha value is -2.63. The highest BCUT2D eigenvalue weighted by Crippen LogP contribution is 2.37. The van der Waals surface area contributed by atoms with Gasteiger partial charge in [0.2, 0.25) is 0 Å². The predicted molar refractivity (Wildman–Crippen MR) is 95.5 cm³/mol. The molecule has 0 saturated heterocycles. The van der Waals surface area contributed by atoms with Gasteiger partial charge in [0.25, 0.3) is 0 Å². The predicted octanol–water partition coefficient (Wildman–Crippen LogP) is 3.53. The van der Waals surface area contributed by atoms with Crippen molar-refractivity contribution in [3.05, 3.63) is 59.2 Å². The van der Waals surface area contributed by atoms with E-state index in [0.29, 0.717) is 16.7 Å². The summed E-state index contributed by atoms with van der Waals surface area (Å²) in [6.45, 7) is 7.75. The Morgan fingerprint density at radius 1 is 1.00 bits per heavy atom. The summed E-state index contributed by atoms with van der Waals surface area (Å²) in [5, 5.41) is 0. The lowest BCUT2D eigenvalue weighted by atomic mass is 9.83. The number of hydrogen-bond donors (Lipinski definition) is 0. The molecule has 0 aliphatic carbocycles. The summed E-state index contributed by atoms with van der Waals surface area (Å²) in [5.41, 5.74) is 1.25. The van der Waals surface area contributed by atoms with Crippen LogP contribution in [-0.2, 0) is 19.1 Å². The smallest absolute Gasteiger partial charge is 0.336 e. The van der Waals surface area contributed by atoms with Crippen molar-refractivity contribution in [3.63, 3.8) is 0 Å². The molecule has 2 rings (SSSR count). The van der Waals surface area contributed by atoms with E-state index in [-0.39, 0.29) is 19.3 Å². The molecule has 0 fully saturated rings. The molecule has 0 atom stereocenters. The van der Waals surface area contributed by atoms with Gasteiger partial charge in [-0.2, -0.15) is 0 Å². The van der Waals surface area contributed by atoms with Crippen LogP contribution in [0.25, 0.3) is 0 Å². The van der Waals surface area contributed by atoms with Crippen LogP contribution < -0.4 is 0 Å². The molecule has 0 spiro atoms. The van der Waals surface area contributed by atoms with Crippen LogP contribution >= 0.6 is 0 Å². The van der Waals surface area contributed by atoms with Crippen LogP contribution in [-0.4, -0.2) is 36.1 Å². The molecule has 6 heteroatoms. The highest BCUT2D eigenvalue weighted by atomic mass is 19.1.